The molecule has 0 bridgehead atoms. The lowest BCUT2D eigenvalue weighted by molar-refractivity contribution is 0.0990. The first-order valence-corrected chi connectivity index (χ1v) is 5.18. The van der Waals surface area contributed by atoms with Gasteiger partial charge in [-0.1, -0.05) is 6.07 Å². The SMILES string of the molecule is C[C@H]1COCCN1c1cccc(N)c1N. The molecule has 0 aromatic heterocycles. The topological polar surface area (TPSA) is 64.5 Å². The lowest BCUT2D eigenvalue weighted by atomic mass is 10.1. The van der Waals surface area contributed by atoms with Gasteiger partial charge in [-0.3, -0.25) is 0 Å². The predicted molar refractivity (Wildman–Crippen MR) is 62.9 cm³/mol. The van der Waals surface area contributed by atoms with E-state index in [1.807, 2.05) is 18.2 Å². The second kappa shape index (κ2) is 3.98. The summed E-state index contributed by atoms with van der Waals surface area (Å²) >= 11 is 0. The molecule has 0 radical (unpaired) electrons. The van der Waals surface area contributed by atoms with E-state index in [4.69, 9.17) is 16.2 Å². The highest BCUT2D eigenvalue weighted by Crippen LogP contribution is 2.30. The Kier molecular flexibility index (Phi) is 2.68. The van der Waals surface area contributed by atoms with Crippen LogP contribution in [0.5, 0.6) is 0 Å². The molecule has 0 amide bonds. The molecule has 82 valence electrons. The van der Waals surface area contributed by atoms with E-state index in [1.165, 1.54) is 0 Å². The molecule has 4 heteroatoms. The van der Waals surface area contributed by atoms with E-state index in [1.54, 1.807) is 0 Å². The Morgan fingerprint density at radius 3 is 2.93 bits per heavy atom. The summed E-state index contributed by atoms with van der Waals surface area (Å²) in [5.74, 6) is 0. The molecular formula is C11H17N3O. The van der Waals surface area contributed by atoms with Crippen molar-refractivity contribution in [1.29, 1.82) is 0 Å². The van der Waals surface area contributed by atoms with Crippen LogP contribution >= 0.6 is 0 Å². The normalized spacial score (nSPS) is 21.7. The number of nitrogens with zero attached hydrogens (tertiary/aromatic N) is 1. The average molecular weight is 207 g/mol. The maximum atomic E-state index is 5.97. The van der Waals surface area contributed by atoms with Gasteiger partial charge in [0.2, 0.25) is 0 Å². The summed E-state index contributed by atoms with van der Waals surface area (Å²) in [7, 11) is 0. The molecule has 1 aliphatic rings. The number of ether oxygens (including phenoxy) is 1. The number of rotatable bonds is 1. The third-order valence-corrected chi connectivity index (χ3v) is 2.79. The highest BCUT2D eigenvalue weighted by molar-refractivity contribution is 5.79. The fraction of sp³-hybridized carbons (Fsp3) is 0.455. The molecule has 0 saturated carbocycles. The summed E-state index contributed by atoms with van der Waals surface area (Å²) in [5, 5.41) is 0. The molecule has 0 unspecified atom stereocenters. The van der Waals surface area contributed by atoms with Crippen molar-refractivity contribution >= 4 is 17.1 Å². The van der Waals surface area contributed by atoms with Crippen LogP contribution in [-0.2, 0) is 4.74 Å². The van der Waals surface area contributed by atoms with E-state index in [2.05, 4.69) is 11.8 Å². The molecule has 4 nitrogen and oxygen atoms in total. The zero-order chi connectivity index (χ0) is 10.8. The summed E-state index contributed by atoms with van der Waals surface area (Å²) in [6, 6.07) is 6.11. The fourth-order valence-corrected chi connectivity index (χ4v) is 1.91. The summed E-state index contributed by atoms with van der Waals surface area (Å²) in [4.78, 5) is 2.25. The molecule has 1 heterocycles. The van der Waals surface area contributed by atoms with Gasteiger partial charge in [-0.05, 0) is 19.1 Å². The van der Waals surface area contributed by atoms with Crippen LogP contribution in [0.3, 0.4) is 0 Å². The standard InChI is InChI=1S/C11H17N3O/c1-8-7-15-6-5-14(8)10-4-2-3-9(12)11(10)13/h2-4,8H,5-7,12-13H2,1H3/t8-/m0/s1. The van der Waals surface area contributed by atoms with Crippen LogP contribution in [0, 0.1) is 0 Å². The van der Waals surface area contributed by atoms with Crippen molar-refractivity contribution in [3.8, 4) is 0 Å². The monoisotopic (exact) mass is 207 g/mol. The first-order chi connectivity index (χ1) is 7.20. The Morgan fingerprint density at radius 2 is 2.20 bits per heavy atom. The molecule has 2 rings (SSSR count). The van der Waals surface area contributed by atoms with Crippen molar-refractivity contribution in [3.63, 3.8) is 0 Å². The van der Waals surface area contributed by atoms with Gasteiger partial charge in [-0.25, -0.2) is 0 Å². The average Bonchev–Trinajstić information content (AvgIpc) is 2.23. The lowest BCUT2D eigenvalue weighted by Crippen LogP contribution is -2.44. The fourth-order valence-electron chi connectivity index (χ4n) is 1.91. The van der Waals surface area contributed by atoms with Crippen LogP contribution in [0.15, 0.2) is 18.2 Å². The van der Waals surface area contributed by atoms with Crippen LogP contribution in [0.4, 0.5) is 17.1 Å². The lowest BCUT2D eigenvalue weighted by Gasteiger charge is -2.36. The second-order valence-electron chi connectivity index (χ2n) is 3.90. The first kappa shape index (κ1) is 10.1. The molecule has 1 saturated heterocycles. The Balaban J connectivity index is 2.31. The Morgan fingerprint density at radius 1 is 1.40 bits per heavy atom. The molecule has 1 atom stereocenters. The summed E-state index contributed by atoms with van der Waals surface area (Å²) in [6.07, 6.45) is 0. The van der Waals surface area contributed by atoms with Crippen molar-refractivity contribution in [2.75, 3.05) is 36.1 Å². The minimum absolute atomic E-state index is 0.350. The maximum absolute atomic E-state index is 5.97. The number of nitrogens with two attached hydrogens (primary N) is 2. The molecule has 0 aliphatic carbocycles. The van der Waals surface area contributed by atoms with Crippen LogP contribution < -0.4 is 16.4 Å². The van der Waals surface area contributed by atoms with E-state index in [9.17, 15) is 0 Å². The van der Waals surface area contributed by atoms with Gasteiger partial charge >= 0.3 is 0 Å². The zero-order valence-electron chi connectivity index (χ0n) is 8.94. The summed E-state index contributed by atoms with van der Waals surface area (Å²) in [6.45, 7) is 4.49. The van der Waals surface area contributed by atoms with Crippen LogP contribution in [0.2, 0.25) is 0 Å². The van der Waals surface area contributed by atoms with Gasteiger partial charge in [0, 0.05) is 12.6 Å². The van der Waals surface area contributed by atoms with Gasteiger partial charge in [-0.15, -0.1) is 0 Å². The van der Waals surface area contributed by atoms with Gasteiger partial charge in [0.25, 0.3) is 0 Å². The van der Waals surface area contributed by atoms with Gasteiger partial charge < -0.3 is 21.1 Å². The van der Waals surface area contributed by atoms with E-state index in [-0.39, 0.29) is 0 Å². The largest absolute Gasteiger partial charge is 0.397 e. The minimum Gasteiger partial charge on any atom is -0.397 e. The quantitative estimate of drug-likeness (QED) is 0.676. The number of anilines is 3. The van der Waals surface area contributed by atoms with E-state index < -0.39 is 0 Å². The number of hydrogen-bond acceptors (Lipinski definition) is 4. The third-order valence-electron chi connectivity index (χ3n) is 2.79. The van der Waals surface area contributed by atoms with E-state index in [0.717, 1.165) is 25.4 Å². The third kappa shape index (κ3) is 1.85. The number of benzene rings is 1. The van der Waals surface area contributed by atoms with Gasteiger partial charge in [0.15, 0.2) is 0 Å². The van der Waals surface area contributed by atoms with E-state index in [0.29, 0.717) is 17.4 Å². The van der Waals surface area contributed by atoms with Crippen molar-refractivity contribution in [3.05, 3.63) is 18.2 Å². The summed E-state index contributed by atoms with van der Waals surface area (Å²) < 4.78 is 5.39. The summed E-state index contributed by atoms with van der Waals surface area (Å²) in [5.41, 5.74) is 14.1. The van der Waals surface area contributed by atoms with Crippen LogP contribution in [0.25, 0.3) is 0 Å². The Bertz CT molecular complexity index is 354. The van der Waals surface area contributed by atoms with Crippen molar-refractivity contribution < 1.29 is 4.74 Å². The number of para-hydroxylation sites is 1. The van der Waals surface area contributed by atoms with Crippen LogP contribution in [-0.4, -0.2) is 25.8 Å². The molecule has 1 aromatic rings. The number of morpholine rings is 1. The minimum atomic E-state index is 0.350. The second-order valence-corrected chi connectivity index (χ2v) is 3.90. The zero-order valence-corrected chi connectivity index (χ0v) is 8.94. The van der Waals surface area contributed by atoms with Crippen LogP contribution in [0.1, 0.15) is 6.92 Å². The Labute approximate surface area is 89.8 Å². The molecule has 15 heavy (non-hydrogen) atoms. The van der Waals surface area contributed by atoms with Gasteiger partial charge in [0.1, 0.15) is 0 Å². The molecule has 4 N–H and O–H groups in total. The van der Waals surface area contributed by atoms with E-state index >= 15 is 0 Å². The molecule has 0 spiro atoms. The van der Waals surface area contributed by atoms with Gasteiger partial charge in [-0.2, -0.15) is 0 Å². The van der Waals surface area contributed by atoms with Crippen molar-refractivity contribution in [2.45, 2.75) is 13.0 Å². The molecule has 1 aliphatic heterocycles. The van der Waals surface area contributed by atoms with Crippen molar-refractivity contribution in [1.82, 2.24) is 0 Å². The first-order valence-electron chi connectivity index (χ1n) is 5.18. The number of hydrogen-bond donors (Lipinski definition) is 2. The highest BCUT2D eigenvalue weighted by atomic mass is 16.5. The number of nitrogen functional groups attached to an aromatic ring is 2. The molecule has 1 fully saturated rings. The maximum Gasteiger partial charge on any atom is 0.0785 e. The van der Waals surface area contributed by atoms with Crippen molar-refractivity contribution in [2.24, 2.45) is 0 Å². The predicted octanol–water partition coefficient (Wildman–Crippen LogP) is 1.08. The molecular weight excluding hydrogens is 190 g/mol. The highest BCUT2D eigenvalue weighted by Gasteiger charge is 2.21. The smallest absolute Gasteiger partial charge is 0.0785 e. The van der Waals surface area contributed by atoms with Gasteiger partial charge in [0.05, 0.1) is 30.3 Å². The molecule has 1 aromatic carbocycles. The Hall–Kier alpha value is -1.42.